The summed E-state index contributed by atoms with van der Waals surface area (Å²) in [4.78, 5) is 8.11. The summed E-state index contributed by atoms with van der Waals surface area (Å²) in [5.74, 6) is -0.0415. The molecular formula is C13H14FN3O. The fourth-order valence-electron chi connectivity index (χ4n) is 1.74. The average molecular weight is 247 g/mol. The number of nitrogens with two attached hydrogens (primary N) is 1. The zero-order chi connectivity index (χ0) is 13.1. The lowest BCUT2D eigenvalue weighted by Gasteiger charge is -2.14. The highest BCUT2D eigenvalue weighted by Gasteiger charge is 2.19. The van der Waals surface area contributed by atoms with Crippen LogP contribution in [0.1, 0.15) is 22.9 Å². The Balaban J connectivity index is 2.44. The van der Waals surface area contributed by atoms with Crippen LogP contribution in [0.25, 0.3) is 0 Å². The van der Waals surface area contributed by atoms with Crippen molar-refractivity contribution in [1.29, 1.82) is 0 Å². The molecule has 0 radical (unpaired) electrons. The summed E-state index contributed by atoms with van der Waals surface area (Å²) in [6.45, 7) is 1.82. The molecule has 1 aromatic carbocycles. The first-order valence-corrected chi connectivity index (χ1v) is 5.50. The molecule has 0 spiro atoms. The van der Waals surface area contributed by atoms with Crippen LogP contribution < -0.4 is 10.5 Å². The van der Waals surface area contributed by atoms with Gasteiger partial charge in [-0.1, -0.05) is 12.1 Å². The lowest BCUT2D eigenvalue weighted by atomic mass is 10.0. The van der Waals surface area contributed by atoms with E-state index < -0.39 is 6.04 Å². The fourth-order valence-corrected chi connectivity index (χ4v) is 1.74. The molecule has 18 heavy (non-hydrogen) atoms. The van der Waals surface area contributed by atoms with Crippen LogP contribution in [0.5, 0.6) is 5.88 Å². The fraction of sp³-hybridized carbons (Fsp3) is 0.231. The van der Waals surface area contributed by atoms with E-state index in [1.54, 1.807) is 12.1 Å². The van der Waals surface area contributed by atoms with Gasteiger partial charge in [-0.25, -0.2) is 9.37 Å². The van der Waals surface area contributed by atoms with Crippen LogP contribution >= 0.6 is 0 Å². The molecule has 2 aromatic rings. The summed E-state index contributed by atoms with van der Waals surface area (Å²) in [5.41, 5.74) is 7.66. The second-order valence-electron chi connectivity index (χ2n) is 3.95. The van der Waals surface area contributed by atoms with Gasteiger partial charge in [-0.3, -0.25) is 4.98 Å². The predicted molar refractivity (Wildman–Crippen MR) is 65.8 cm³/mol. The summed E-state index contributed by atoms with van der Waals surface area (Å²) in [6, 6.07) is 4.21. The normalized spacial score (nSPS) is 12.2. The zero-order valence-electron chi connectivity index (χ0n) is 10.2. The highest BCUT2D eigenvalue weighted by atomic mass is 19.1. The third kappa shape index (κ3) is 2.31. The summed E-state index contributed by atoms with van der Waals surface area (Å²) in [5, 5.41) is 0. The minimum Gasteiger partial charge on any atom is -0.480 e. The van der Waals surface area contributed by atoms with Crippen LogP contribution in [0.4, 0.5) is 4.39 Å². The van der Waals surface area contributed by atoms with E-state index in [9.17, 15) is 4.39 Å². The number of hydrogen-bond acceptors (Lipinski definition) is 4. The maximum absolute atomic E-state index is 13.9. The zero-order valence-corrected chi connectivity index (χ0v) is 10.2. The van der Waals surface area contributed by atoms with E-state index in [2.05, 4.69) is 9.97 Å². The number of ether oxygens (including phenoxy) is 1. The summed E-state index contributed by atoms with van der Waals surface area (Å²) < 4.78 is 18.9. The Morgan fingerprint density at radius 2 is 2.00 bits per heavy atom. The van der Waals surface area contributed by atoms with E-state index in [1.165, 1.54) is 25.6 Å². The molecule has 5 heteroatoms. The molecule has 2 N–H and O–H groups in total. The van der Waals surface area contributed by atoms with Crippen molar-refractivity contribution < 1.29 is 9.13 Å². The topological polar surface area (TPSA) is 61.0 Å². The van der Waals surface area contributed by atoms with E-state index in [4.69, 9.17) is 10.5 Å². The van der Waals surface area contributed by atoms with Crippen LogP contribution in [-0.2, 0) is 0 Å². The smallest absolute Gasteiger partial charge is 0.237 e. The number of aryl methyl sites for hydroxylation is 1. The minimum atomic E-state index is -0.700. The maximum atomic E-state index is 13.9. The Morgan fingerprint density at radius 3 is 2.67 bits per heavy atom. The second-order valence-corrected chi connectivity index (χ2v) is 3.95. The van der Waals surface area contributed by atoms with Crippen LogP contribution in [0.3, 0.4) is 0 Å². The van der Waals surface area contributed by atoms with Gasteiger partial charge in [0, 0.05) is 18.0 Å². The number of nitrogens with zero attached hydrogens (tertiary/aromatic N) is 2. The van der Waals surface area contributed by atoms with Gasteiger partial charge in [-0.15, -0.1) is 0 Å². The van der Waals surface area contributed by atoms with Crippen molar-refractivity contribution in [2.45, 2.75) is 13.0 Å². The number of aromatic nitrogens is 2. The van der Waals surface area contributed by atoms with Crippen LogP contribution in [0.2, 0.25) is 0 Å². The molecule has 0 fully saturated rings. The predicted octanol–water partition coefficient (Wildman–Crippen LogP) is 1.98. The lowest BCUT2D eigenvalue weighted by Crippen LogP contribution is -2.17. The maximum Gasteiger partial charge on any atom is 0.237 e. The van der Waals surface area contributed by atoms with Gasteiger partial charge < -0.3 is 10.5 Å². The van der Waals surface area contributed by atoms with Gasteiger partial charge in [0.2, 0.25) is 5.88 Å². The molecule has 1 heterocycles. The van der Waals surface area contributed by atoms with Gasteiger partial charge in [-0.05, 0) is 18.6 Å². The first kappa shape index (κ1) is 12.4. The first-order chi connectivity index (χ1) is 8.63. The molecule has 94 valence electrons. The quantitative estimate of drug-likeness (QED) is 0.900. The number of rotatable bonds is 3. The molecule has 2 rings (SSSR count). The Kier molecular flexibility index (Phi) is 3.53. The molecular weight excluding hydrogens is 233 g/mol. The largest absolute Gasteiger partial charge is 0.480 e. The van der Waals surface area contributed by atoms with Gasteiger partial charge in [0.15, 0.2) is 0 Å². The molecule has 0 bridgehead atoms. The van der Waals surface area contributed by atoms with E-state index in [1.807, 2.05) is 6.92 Å². The SMILES string of the molecule is COc1nccnc1C(N)c1ccc(C)cc1F. The van der Waals surface area contributed by atoms with Gasteiger partial charge >= 0.3 is 0 Å². The third-order valence-electron chi connectivity index (χ3n) is 2.67. The van der Waals surface area contributed by atoms with Gasteiger partial charge in [-0.2, -0.15) is 0 Å². The first-order valence-electron chi connectivity index (χ1n) is 5.50. The van der Waals surface area contributed by atoms with Crippen molar-refractivity contribution in [3.63, 3.8) is 0 Å². The van der Waals surface area contributed by atoms with E-state index >= 15 is 0 Å². The summed E-state index contributed by atoms with van der Waals surface area (Å²) in [7, 11) is 1.48. The Bertz CT molecular complexity index is 560. The Labute approximate surface area is 105 Å². The van der Waals surface area contributed by atoms with Crippen LogP contribution in [0.15, 0.2) is 30.6 Å². The van der Waals surface area contributed by atoms with Crippen molar-refractivity contribution in [1.82, 2.24) is 9.97 Å². The highest BCUT2D eigenvalue weighted by molar-refractivity contribution is 5.34. The van der Waals surface area contributed by atoms with Gasteiger partial charge in [0.05, 0.1) is 13.2 Å². The van der Waals surface area contributed by atoms with E-state index in [0.29, 0.717) is 17.1 Å². The van der Waals surface area contributed by atoms with Crippen molar-refractivity contribution >= 4 is 0 Å². The third-order valence-corrected chi connectivity index (χ3v) is 2.67. The Morgan fingerprint density at radius 1 is 1.28 bits per heavy atom. The summed E-state index contributed by atoms with van der Waals surface area (Å²) >= 11 is 0. The number of benzene rings is 1. The second kappa shape index (κ2) is 5.10. The van der Waals surface area contributed by atoms with E-state index in [-0.39, 0.29) is 5.82 Å². The molecule has 1 atom stereocenters. The highest BCUT2D eigenvalue weighted by Crippen LogP contribution is 2.26. The van der Waals surface area contributed by atoms with Crippen molar-refractivity contribution in [3.8, 4) is 5.88 Å². The molecule has 0 aliphatic carbocycles. The molecule has 0 aliphatic rings. The Hall–Kier alpha value is -2.01. The lowest BCUT2D eigenvalue weighted by molar-refractivity contribution is 0.386. The molecule has 0 aliphatic heterocycles. The molecule has 1 unspecified atom stereocenters. The molecule has 1 aromatic heterocycles. The van der Waals surface area contributed by atoms with Crippen LogP contribution in [-0.4, -0.2) is 17.1 Å². The number of halogens is 1. The van der Waals surface area contributed by atoms with Crippen molar-refractivity contribution in [2.75, 3.05) is 7.11 Å². The average Bonchev–Trinajstić information content (AvgIpc) is 2.38. The van der Waals surface area contributed by atoms with Crippen molar-refractivity contribution in [2.24, 2.45) is 5.73 Å². The van der Waals surface area contributed by atoms with Gasteiger partial charge in [0.25, 0.3) is 0 Å². The van der Waals surface area contributed by atoms with E-state index in [0.717, 1.165) is 5.56 Å². The molecule has 0 saturated carbocycles. The van der Waals surface area contributed by atoms with Gasteiger partial charge in [0.1, 0.15) is 11.5 Å². The molecule has 0 saturated heterocycles. The molecule has 0 amide bonds. The minimum absolute atomic E-state index is 0.310. The number of hydrogen-bond donors (Lipinski definition) is 1. The monoisotopic (exact) mass is 247 g/mol. The standard InChI is InChI=1S/C13H14FN3O/c1-8-3-4-9(10(14)7-8)11(15)12-13(18-2)17-6-5-16-12/h3-7,11H,15H2,1-2H3. The van der Waals surface area contributed by atoms with Crippen LogP contribution in [0, 0.1) is 12.7 Å². The number of methoxy groups -OCH3 is 1. The summed E-state index contributed by atoms with van der Waals surface area (Å²) in [6.07, 6.45) is 3.00. The van der Waals surface area contributed by atoms with Crippen molar-refractivity contribution in [3.05, 3.63) is 53.2 Å². The molecule has 4 nitrogen and oxygen atoms in total.